The summed E-state index contributed by atoms with van der Waals surface area (Å²) in [7, 11) is 0. The smallest absolute Gasteiger partial charge is 0.429 e. The lowest BCUT2D eigenvalue weighted by Crippen LogP contribution is -1.80. The van der Waals surface area contributed by atoms with Crippen LogP contribution in [0.25, 0.3) is 0 Å². The fourth-order valence-electron chi connectivity index (χ4n) is 0.379. The molecule has 3 nitrogen and oxygen atoms in total. The minimum absolute atomic E-state index is 0. The molecule has 0 bridgehead atoms. The molecule has 0 aromatic carbocycles. The topological polar surface area (TPSA) is 53.4 Å². The molecule has 1 aromatic rings. The summed E-state index contributed by atoms with van der Waals surface area (Å²) < 4.78 is 23.7. The van der Waals surface area contributed by atoms with Crippen molar-refractivity contribution in [1.82, 2.24) is 4.98 Å². The first kappa shape index (κ1) is 9.99. The van der Waals surface area contributed by atoms with E-state index in [0.29, 0.717) is 0 Å². The summed E-state index contributed by atoms with van der Waals surface area (Å²) >= 11 is 0. The molecule has 6 heteroatoms. The van der Waals surface area contributed by atoms with Gasteiger partial charge in [0.2, 0.25) is 5.95 Å². The van der Waals surface area contributed by atoms with Crippen molar-refractivity contribution in [2.75, 3.05) is 0 Å². The molecule has 11 heavy (non-hydrogen) atoms. The molecule has 59 valence electrons. The predicted octanol–water partition coefficient (Wildman–Crippen LogP) is -0.135. The maximum Gasteiger partial charge on any atom is 0.482 e. The van der Waals surface area contributed by atoms with E-state index in [0.717, 1.165) is 18.3 Å². The number of rotatable bonds is 0. The van der Waals surface area contributed by atoms with E-state index < -0.39 is 11.8 Å². The summed E-state index contributed by atoms with van der Waals surface area (Å²) in [6.45, 7) is 0. The van der Waals surface area contributed by atoms with Crippen LogP contribution in [-0.2, 0) is 0 Å². The van der Waals surface area contributed by atoms with E-state index in [-0.39, 0.29) is 7.69 Å². The van der Waals surface area contributed by atoms with E-state index >= 15 is 0 Å². The van der Waals surface area contributed by atoms with Crippen LogP contribution in [0.2, 0.25) is 0 Å². The Balaban J connectivity index is 0.000000292. The quantitative estimate of drug-likeness (QED) is 0.410. The molecule has 0 amide bonds. The van der Waals surface area contributed by atoms with Crippen molar-refractivity contribution < 1.29 is 18.8 Å². The van der Waals surface area contributed by atoms with Gasteiger partial charge in [0, 0.05) is 12.3 Å². The van der Waals surface area contributed by atoms with Crippen molar-refractivity contribution in [3.63, 3.8) is 0 Å². The average molecular weight is 160 g/mol. The molecular formula is C5H5BF2NO2. The van der Waals surface area contributed by atoms with Gasteiger partial charge >= 0.3 is 7.69 Å². The first-order valence-corrected chi connectivity index (χ1v) is 2.58. The van der Waals surface area contributed by atoms with Gasteiger partial charge in [-0.25, -0.2) is 9.37 Å². The molecule has 0 aliphatic carbocycles. The van der Waals surface area contributed by atoms with Crippen LogP contribution >= 0.6 is 0 Å². The van der Waals surface area contributed by atoms with Crippen LogP contribution < -0.4 is 0 Å². The first-order valence-electron chi connectivity index (χ1n) is 2.58. The molecule has 0 fully saturated rings. The standard InChI is InChI=1S/C5H3F2N.BH2O2/c6-4-1-2-8-5(7)3-4;2-1-3/h1-3H;2-3H. The third-order valence-corrected chi connectivity index (χ3v) is 0.689. The normalized spacial score (nSPS) is 8.00. The molecule has 0 aliphatic rings. The van der Waals surface area contributed by atoms with Crippen molar-refractivity contribution in [3.05, 3.63) is 30.1 Å². The molecule has 1 radical (unpaired) electrons. The predicted molar refractivity (Wildman–Crippen MR) is 34.3 cm³/mol. The third kappa shape index (κ3) is 5.44. The molecule has 0 atom stereocenters. The van der Waals surface area contributed by atoms with Crippen LogP contribution in [0.1, 0.15) is 0 Å². The molecular weight excluding hydrogens is 155 g/mol. The molecule has 1 aromatic heterocycles. The van der Waals surface area contributed by atoms with Crippen molar-refractivity contribution >= 4 is 7.69 Å². The average Bonchev–Trinajstić information content (AvgIpc) is 1.88. The van der Waals surface area contributed by atoms with E-state index in [4.69, 9.17) is 10.0 Å². The van der Waals surface area contributed by atoms with Crippen molar-refractivity contribution in [3.8, 4) is 0 Å². The van der Waals surface area contributed by atoms with Gasteiger partial charge in [0.25, 0.3) is 0 Å². The Bertz CT molecular complexity index is 194. The van der Waals surface area contributed by atoms with Crippen LogP contribution in [0.5, 0.6) is 0 Å². The van der Waals surface area contributed by atoms with E-state index in [1.54, 1.807) is 0 Å². The zero-order valence-corrected chi connectivity index (χ0v) is 5.41. The zero-order valence-electron chi connectivity index (χ0n) is 5.41. The van der Waals surface area contributed by atoms with Gasteiger partial charge in [0.05, 0.1) is 0 Å². The lowest BCUT2D eigenvalue weighted by Gasteiger charge is -1.83. The Morgan fingerprint density at radius 3 is 2.18 bits per heavy atom. The Morgan fingerprint density at radius 2 is 1.91 bits per heavy atom. The van der Waals surface area contributed by atoms with Gasteiger partial charge in [-0.1, -0.05) is 0 Å². The number of pyridine rings is 1. The molecule has 2 N–H and O–H groups in total. The Hall–Kier alpha value is -1.01. The Labute approximate surface area is 62.6 Å². The number of halogens is 2. The number of hydrogen-bond acceptors (Lipinski definition) is 3. The van der Waals surface area contributed by atoms with E-state index in [1.165, 1.54) is 0 Å². The van der Waals surface area contributed by atoms with Gasteiger partial charge in [-0.2, -0.15) is 4.39 Å². The highest BCUT2D eigenvalue weighted by molar-refractivity contribution is 6.13. The molecule has 0 spiro atoms. The summed E-state index contributed by atoms with van der Waals surface area (Å²) in [5.41, 5.74) is 0. The molecule has 0 aliphatic heterocycles. The monoisotopic (exact) mass is 160 g/mol. The highest BCUT2D eigenvalue weighted by Gasteiger charge is 1.89. The summed E-state index contributed by atoms with van der Waals surface area (Å²) in [6.07, 6.45) is 1.07. The summed E-state index contributed by atoms with van der Waals surface area (Å²) in [6, 6.07) is 1.81. The van der Waals surface area contributed by atoms with Crippen molar-refractivity contribution in [2.24, 2.45) is 0 Å². The fourth-order valence-corrected chi connectivity index (χ4v) is 0.379. The van der Waals surface area contributed by atoms with E-state index in [1.807, 2.05) is 0 Å². The Kier molecular flexibility index (Phi) is 5.23. The molecule has 1 heterocycles. The van der Waals surface area contributed by atoms with Crippen LogP contribution in [0.15, 0.2) is 18.3 Å². The van der Waals surface area contributed by atoms with Crippen LogP contribution in [0, 0.1) is 11.8 Å². The van der Waals surface area contributed by atoms with Gasteiger partial charge in [0.15, 0.2) is 0 Å². The first-order chi connectivity index (χ1) is 5.20. The minimum atomic E-state index is -0.787. The SMILES string of the molecule is Fc1ccnc(F)c1.O[B]O. The number of aromatic nitrogens is 1. The second-order valence-electron chi connectivity index (χ2n) is 1.41. The van der Waals surface area contributed by atoms with Crippen LogP contribution in [-0.4, -0.2) is 22.7 Å². The van der Waals surface area contributed by atoms with E-state index in [9.17, 15) is 8.78 Å². The van der Waals surface area contributed by atoms with Gasteiger partial charge in [0.1, 0.15) is 5.82 Å². The van der Waals surface area contributed by atoms with Gasteiger partial charge < -0.3 is 10.0 Å². The van der Waals surface area contributed by atoms with Gasteiger partial charge in [-0.05, 0) is 6.07 Å². The second kappa shape index (κ2) is 5.76. The summed E-state index contributed by atoms with van der Waals surface area (Å²) in [5.74, 6) is -1.39. The number of nitrogens with zero attached hydrogens (tertiary/aromatic N) is 1. The van der Waals surface area contributed by atoms with Crippen LogP contribution in [0.4, 0.5) is 8.78 Å². The van der Waals surface area contributed by atoms with Gasteiger partial charge in [-0.15, -0.1) is 0 Å². The lowest BCUT2D eigenvalue weighted by molar-refractivity contribution is 0.448. The lowest BCUT2D eigenvalue weighted by atomic mass is 10.5. The molecule has 0 saturated heterocycles. The van der Waals surface area contributed by atoms with Crippen molar-refractivity contribution in [2.45, 2.75) is 0 Å². The second-order valence-corrected chi connectivity index (χ2v) is 1.41. The minimum Gasteiger partial charge on any atom is -0.429 e. The maximum absolute atomic E-state index is 11.9. The van der Waals surface area contributed by atoms with E-state index in [2.05, 4.69) is 4.98 Å². The Morgan fingerprint density at radius 1 is 1.36 bits per heavy atom. The van der Waals surface area contributed by atoms with Crippen molar-refractivity contribution in [1.29, 1.82) is 0 Å². The summed E-state index contributed by atoms with van der Waals surface area (Å²) in [4.78, 5) is 3.13. The highest BCUT2D eigenvalue weighted by Crippen LogP contribution is 1.95. The highest BCUT2D eigenvalue weighted by atomic mass is 19.1. The number of hydrogen-bond donors (Lipinski definition) is 2. The third-order valence-electron chi connectivity index (χ3n) is 0.689. The van der Waals surface area contributed by atoms with Gasteiger partial charge in [-0.3, -0.25) is 0 Å². The molecule has 0 unspecified atom stereocenters. The largest absolute Gasteiger partial charge is 0.482 e. The maximum atomic E-state index is 11.9. The fraction of sp³-hybridized carbons (Fsp3) is 0. The van der Waals surface area contributed by atoms with Crippen LogP contribution in [0.3, 0.4) is 0 Å². The summed E-state index contributed by atoms with van der Waals surface area (Å²) in [5, 5.41) is 14.0. The zero-order chi connectivity index (χ0) is 8.69. The molecule has 1 rings (SSSR count). The molecule has 0 saturated carbocycles.